The molecule has 4 heteroatoms. The first kappa shape index (κ1) is 15.1. The normalized spacial score (nSPS) is 22.3. The molecule has 1 unspecified atom stereocenters. The molecule has 1 aromatic rings. The van der Waals surface area contributed by atoms with Crippen molar-refractivity contribution >= 4 is 17.3 Å². The minimum atomic E-state index is 0.642. The molecule has 2 aliphatic rings. The summed E-state index contributed by atoms with van der Waals surface area (Å²) >= 11 is 6.18. The van der Waals surface area contributed by atoms with Crippen molar-refractivity contribution in [3.05, 3.63) is 28.8 Å². The van der Waals surface area contributed by atoms with Gasteiger partial charge in [-0.15, -0.1) is 0 Å². The molecule has 1 aromatic carbocycles. The quantitative estimate of drug-likeness (QED) is 0.871. The third-order valence-corrected chi connectivity index (χ3v) is 4.63. The molecule has 1 heterocycles. The van der Waals surface area contributed by atoms with Crippen LogP contribution in [0.3, 0.4) is 0 Å². The first-order chi connectivity index (χ1) is 10.2. The lowest BCUT2D eigenvalue weighted by Gasteiger charge is -2.30. The first-order valence-corrected chi connectivity index (χ1v) is 8.41. The molecule has 1 aliphatic heterocycles. The number of nitrogens with zero attached hydrogens (tertiary/aromatic N) is 1. The van der Waals surface area contributed by atoms with E-state index in [0.717, 1.165) is 31.3 Å². The summed E-state index contributed by atoms with van der Waals surface area (Å²) in [6, 6.07) is 6.95. The van der Waals surface area contributed by atoms with Crippen molar-refractivity contribution in [1.82, 2.24) is 5.32 Å². The maximum absolute atomic E-state index is 6.18. The average Bonchev–Trinajstić information content (AvgIpc) is 3.30. The highest BCUT2D eigenvalue weighted by molar-refractivity contribution is 6.30. The molecule has 1 atom stereocenters. The molecule has 0 spiro atoms. The van der Waals surface area contributed by atoms with E-state index in [0.29, 0.717) is 12.0 Å². The van der Waals surface area contributed by atoms with Gasteiger partial charge in [-0.3, -0.25) is 0 Å². The van der Waals surface area contributed by atoms with Gasteiger partial charge in [0.2, 0.25) is 0 Å². The van der Waals surface area contributed by atoms with Gasteiger partial charge >= 0.3 is 0 Å². The minimum absolute atomic E-state index is 0.642. The number of rotatable bonds is 6. The SMILES string of the molecule is CN(CC1CCCOC1)c1ccc(Cl)cc1CNC1CC1. The highest BCUT2D eigenvalue weighted by Crippen LogP contribution is 2.27. The number of anilines is 1. The van der Waals surface area contributed by atoms with Gasteiger partial charge in [0.15, 0.2) is 0 Å². The van der Waals surface area contributed by atoms with Crippen LogP contribution in [0.5, 0.6) is 0 Å². The molecule has 0 aromatic heterocycles. The molecule has 21 heavy (non-hydrogen) atoms. The topological polar surface area (TPSA) is 24.5 Å². The molecular formula is C17H25ClN2O. The van der Waals surface area contributed by atoms with Crippen molar-refractivity contribution in [1.29, 1.82) is 0 Å². The van der Waals surface area contributed by atoms with Crippen LogP contribution >= 0.6 is 11.6 Å². The zero-order chi connectivity index (χ0) is 14.7. The van der Waals surface area contributed by atoms with E-state index >= 15 is 0 Å². The second-order valence-electron chi connectivity index (χ2n) is 6.39. The molecule has 1 N–H and O–H groups in total. The Bertz CT molecular complexity index is 470. The van der Waals surface area contributed by atoms with E-state index in [-0.39, 0.29) is 0 Å². The van der Waals surface area contributed by atoms with E-state index in [1.165, 1.54) is 36.9 Å². The summed E-state index contributed by atoms with van der Waals surface area (Å²) in [5.41, 5.74) is 2.59. The smallest absolute Gasteiger partial charge is 0.0511 e. The van der Waals surface area contributed by atoms with Crippen molar-refractivity contribution < 1.29 is 4.74 Å². The van der Waals surface area contributed by atoms with Crippen molar-refractivity contribution in [2.24, 2.45) is 5.92 Å². The summed E-state index contributed by atoms with van der Waals surface area (Å²) in [4.78, 5) is 2.36. The molecule has 1 saturated carbocycles. The molecule has 3 nitrogen and oxygen atoms in total. The van der Waals surface area contributed by atoms with Crippen molar-refractivity contribution in [2.45, 2.75) is 38.3 Å². The van der Waals surface area contributed by atoms with Gasteiger partial charge in [0.25, 0.3) is 0 Å². The number of halogens is 1. The molecule has 3 rings (SSSR count). The third kappa shape index (κ3) is 4.35. The van der Waals surface area contributed by atoms with Crippen molar-refractivity contribution in [3.8, 4) is 0 Å². The van der Waals surface area contributed by atoms with Gasteiger partial charge in [-0.05, 0) is 55.4 Å². The summed E-state index contributed by atoms with van der Waals surface area (Å²) in [6.07, 6.45) is 5.08. The highest BCUT2D eigenvalue weighted by atomic mass is 35.5. The second-order valence-corrected chi connectivity index (χ2v) is 6.83. The Balaban J connectivity index is 1.66. The summed E-state index contributed by atoms with van der Waals surface area (Å²) in [6.45, 7) is 3.79. The fraction of sp³-hybridized carbons (Fsp3) is 0.647. The van der Waals surface area contributed by atoms with Gasteiger partial charge < -0.3 is 15.0 Å². The molecular weight excluding hydrogens is 284 g/mol. The van der Waals surface area contributed by atoms with Crippen molar-refractivity contribution in [3.63, 3.8) is 0 Å². The van der Waals surface area contributed by atoms with Crippen LogP contribution in [0.4, 0.5) is 5.69 Å². The van der Waals surface area contributed by atoms with Gasteiger partial charge in [-0.25, -0.2) is 0 Å². The fourth-order valence-electron chi connectivity index (χ4n) is 3.05. The van der Waals surface area contributed by atoms with Crippen molar-refractivity contribution in [2.75, 3.05) is 31.7 Å². The Morgan fingerprint density at radius 2 is 2.19 bits per heavy atom. The zero-order valence-electron chi connectivity index (χ0n) is 12.8. The Labute approximate surface area is 132 Å². The minimum Gasteiger partial charge on any atom is -0.381 e. The van der Waals surface area contributed by atoms with Gasteiger partial charge in [0, 0.05) is 43.5 Å². The van der Waals surface area contributed by atoms with E-state index in [2.05, 4.69) is 29.4 Å². The Kier molecular flexibility index (Phi) is 5.04. The standard InChI is InChI=1S/C17H25ClN2O/c1-20(11-13-3-2-8-21-12-13)17-7-4-15(18)9-14(17)10-19-16-5-6-16/h4,7,9,13,16,19H,2-3,5-6,8,10-12H2,1H3. The number of hydrogen-bond acceptors (Lipinski definition) is 3. The number of nitrogens with one attached hydrogen (secondary N) is 1. The maximum Gasteiger partial charge on any atom is 0.0511 e. The van der Waals surface area contributed by atoms with Crippen LogP contribution in [0, 0.1) is 5.92 Å². The number of ether oxygens (including phenoxy) is 1. The van der Waals surface area contributed by atoms with Crippen LogP contribution in [0.2, 0.25) is 5.02 Å². The maximum atomic E-state index is 6.18. The Hall–Kier alpha value is -0.770. The van der Waals surface area contributed by atoms with Gasteiger partial charge in [-0.2, -0.15) is 0 Å². The lowest BCUT2D eigenvalue weighted by atomic mass is 10.0. The van der Waals surface area contributed by atoms with Crippen LogP contribution in [0.1, 0.15) is 31.2 Å². The highest BCUT2D eigenvalue weighted by Gasteiger charge is 2.22. The predicted molar refractivity (Wildman–Crippen MR) is 88.1 cm³/mol. The van der Waals surface area contributed by atoms with Gasteiger partial charge in [0.1, 0.15) is 0 Å². The predicted octanol–water partition coefficient (Wildman–Crippen LogP) is 3.45. The lowest BCUT2D eigenvalue weighted by molar-refractivity contribution is 0.0576. The van der Waals surface area contributed by atoms with E-state index in [1.807, 2.05) is 6.07 Å². The van der Waals surface area contributed by atoms with Crippen LogP contribution in [-0.4, -0.2) is 32.8 Å². The van der Waals surface area contributed by atoms with E-state index in [1.54, 1.807) is 0 Å². The summed E-state index contributed by atoms with van der Waals surface area (Å²) < 4.78 is 5.60. The second kappa shape index (κ2) is 6.99. The van der Waals surface area contributed by atoms with Crippen LogP contribution in [0.25, 0.3) is 0 Å². The Morgan fingerprint density at radius 3 is 2.90 bits per heavy atom. The molecule has 2 fully saturated rings. The monoisotopic (exact) mass is 308 g/mol. The van der Waals surface area contributed by atoms with Gasteiger partial charge in [-0.1, -0.05) is 11.6 Å². The molecule has 0 radical (unpaired) electrons. The molecule has 1 saturated heterocycles. The number of hydrogen-bond donors (Lipinski definition) is 1. The van der Waals surface area contributed by atoms with Crippen LogP contribution in [0.15, 0.2) is 18.2 Å². The van der Waals surface area contributed by atoms with E-state index in [9.17, 15) is 0 Å². The number of benzene rings is 1. The third-order valence-electron chi connectivity index (χ3n) is 4.40. The van der Waals surface area contributed by atoms with E-state index < -0.39 is 0 Å². The zero-order valence-corrected chi connectivity index (χ0v) is 13.5. The lowest BCUT2D eigenvalue weighted by Crippen LogP contribution is -2.31. The van der Waals surface area contributed by atoms with E-state index in [4.69, 9.17) is 16.3 Å². The van der Waals surface area contributed by atoms with Gasteiger partial charge in [0.05, 0.1) is 6.61 Å². The van der Waals surface area contributed by atoms with Crippen LogP contribution in [-0.2, 0) is 11.3 Å². The fourth-order valence-corrected chi connectivity index (χ4v) is 3.24. The molecule has 116 valence electrons. The molecule has 0 bridgehead atoms. The van der Waals surface area contributed by atoms with Crippen LogP contribution < -0.4 is 10.2 Å². The summed E-state index contributed by atoms with van der Waals surface area (Å²) in [5.74, 6) is 0.642. The summed E-state index contributed by atoms with van der Waals surface area (Å²) in [7, 11) is 2.18. The average molecular weight is 309 g/mol. The first-order valence-electron chi connectivity index (χ1n) is 8.03. The molecule has 0 amide bonds. The molecule has 1 aliphatic carbocycles. The summed E-state index contributed by atoms with van der Waals surface area (Å²) in [5, 5.41) is 4.41. The largest absolute Gasteiger partial charge is 0.381 e. The Morgan fingerprint density at radius 1 is 1.33 bits per heavy atom.